The number of rotatable bonds is 2. The molecule has 0 aromatic heterocycles. The minimum absolute atomic E-state index is 0. The number of benzene rings is 1. The zero-order valence-electron chi connectivity index (χ0n) is 8.19. The Hall–Kier alpha value is 0.946. The molecule has 0 unspecified atom stereocenters. The third-order valence-corrected chi connectivity index (χ3v) is 1.81. The summed E-state index contributed by atoms with van der Waals surface area (Å²) in [6, 6.07) is 8.77. The minimum Gasteiger partial charge on any atom is -1.00 e. The van der Waals surface area contributed by atoms with Crippen LogP contribution in [0, 0.1) is 0 Å². The first-order valence-corrected chi connectivity index (χ1v) is 3.94. The minimum atomic E-state index is 0. The van der Waals surface area contributed by atoms with E-state index in [-0.39, 0.29) is 57.0 Å². The van der Waals surface area contributed by atoms with E-state index < -0.39 is 0 Å². The van der Waals surface area contributed by atoms with Crippen LogP contribution >= 0.6 is 0 Å². The van der Waals surface area contributed by atoms with E-state index in [2.05, 4.69) is 38.1 Å². The first-order chi connectivity index (χ1) is 4.86. The van der Waals surface area contributed by atoms with Gasteiger partial charge in [0.05, 0.1) is 0 Å². The molecule has 0 aliphatic rings. The van der Waals surface area contributed by atoms with Crippen molar-refractivity contribution < 1.29 is 34.0 Å². The SMILES string of the molecule is CCc1cccc(CC)c1.[Br-].[Br-].[Mg+2]. The molecule has 1 rings (SSSR count). The third kappa shape index (κ3) is 6.94. The van der Waals surface area contributed by atoms with Crippen LogP contribution in [0.5, 0.6) is 0 Å². The van der Waals surface area contributed by atoms with Crippen LogP contribution in [0.4, 0.5) is 0 Å². The molecule has 0 aliphatic carbocycles. The molecule has 0 saturated heterocycles. The summed E-state index contributed by atoms with van der Waals surface area (Å²) >= 11 is 0. The Morgan fingerprint density at radius 2 is 1.31 bits per heavy atom. The molecule has 0 heterocycles. The topological polar surface area (TPSA) is 0 Å². The van der Waals surface area contributed by atoms with Gasteiger partial charge in [0, 0.05) is 0 Å². The molecule has 3 heteroatoms. The smallest absolute Gasteiger partial charge is 1.00 e. The van der Waals surface area contributed by atoms with Crippen LogP contribution in [-0.2, 0) is 12.8 Å². The van der Waals surface area contributed by atoms with E-state index >= 15 is 0 Å². The summed E-state index contributed by atoms with van der Waals surface area (Å²) in [7, 11) is 0. The molecule has 0 aliphatic heterocycles. The fourth-order valence-corrected chi connectivity index (χ4v) is 1.07. The second kappa shape index (κ2) is 11.0. The van der Waals surface area contributed by atoms with Crippen molar-refractivity contribution in [3.63, 3.8) is 0 Å². The average molecular weight is 318 g/mol. The average Bonchev–Trinajstić information content (AvgIpc) is 2.05. The Morgan fingerprint density at radius 1 is 0.923 bits per heavy atom. The molecule has 1 aromatic carbocycles. The summed E-state index contributed by atoms with van der Waals surface area (Å²) in [5.41, 5.74) is 2.89. The van der Waals surface area contributed by atoms with Crippen LogP contribution in [0.25, 0.3) is 0 Å². The van der Waals surface area contributed by atoms with Gasteiger partial charge in [0.15, 0.2) is 0 Å². The van der Waals surface area contributed by atoms with Crippen molar-refractivity contribution >= 4 is 23.1 Å². The quantitative estimate of drug-likeness (QED) is 0.495. The van der Waals surface area contributed by atoms with Crippen LogP contribution in [0.1, 0.15) is 25.0 Å². The van der Waals surface area contributed by atoms with Gasteiger partial charge in [-0.3, -0.25) is 0 Å². The van der Waals surface area contributed by atoms with Crippen molar-refractivity contribution in [2.45, 2.75) is 26.7 Å². The van der Waals surface area contributed by atoms with E-state index in [1.165, 1.54) is 11.1 Å². The molecular weight excluding hydrogens is 304 g/mol. The van der Waals surface area contributed by atoms with Gasteiger partial charge in [-0.15, -0.1) is 0 Å². The summed E-state index contributed by atoms with van der Waals surface area (Å²) < 4.78 is 0. The van der Waals surface area contributed by atoms with Crippen molar-refractivity contribution in [3.05, 3.63) is 35.4 Å². The molecule has 0 amide bonds. The first-order valence-electron chi connectivity index (χ1n) is 3.94. The third-order valence-electron chi connectivity index (χ3n) is 1.81. The van der Waals surface area contributed by atoms with Crippen LogP contribution in [0.3, 0.4) is 0 Å². The summed E-state index contributed by atoms with van der Waals surface area (Å²) in [6.07, 6.45) is 2.29. The van der Waals surface area contributed by atoms with Crippen molar-refractivity contribution in [2.24, 2.45) is 0 Å². The zero-order chi connectivity index (χ0) is 7.40. The van der Waals surface area contributed by atoms with E-state index in [4.69, 9.17) is 0 Å². The fourth-order valence-electron chi connectivity index (χ4n) is 1.07. The van der Waals surface area contributed by atoms with Gasteiger partial charge in [0.25, 0.3) is 0 Å². The van der Waals surface area contributed by atoms with E-state index in [1.807, 2.05) is 0 Å². The Labute approximate surface area is 118 Å². The molecule has 0 saturated carbocycles. The molecule has 1 aromatic rings. The van der Waals surface area contributed by atoms with Gasteiger partial charge in [0.1, 0.15) is 0 Å². The zero-order valence-corrected chi connectivity index (χ0v) is 12.8. The Morgan fingerprint density at radius 3 is 1.62 bits per heavy atom. The number of aryl methyl sites for hydroxylation is 2. The second-order valence-corrected chi connectivity index (χ2v) is 2.53. The normalized spacial score (nSPS) is 7.54. The van der Waals surface area contributed by atoms with Gasteiger partial charge < -0.3 is 34.0 Å². The van der Waals surface area contributed by atoms with Gasteiger partial charge >= 0.3 is 23.1 Å². The summed E-state index contributed by atoms with van der Waals surface area (Å²) in [6.45, 7) is 4.38. The van der Waals surface area contributed by atoms with Crippen LogP contribution in [-0.4, -0.2) is 23.1 Å². The Balaban J connectivity index is -0.000000333. The maximum absolute atomic E-state index is 2.28. The molecule has 0 bridgehead atoms. The van der Waals surface area contributed by atoms with E-state index in [0.717, 1.165) is 12.8 Å². The summed E-state index contributed by atoms with van der Waals surface area (Å²) in [5, 5.41) is 0. The van der Waals surface area contributed by atoms with Crippen LogP contribution < -0.4 is 34.0 Å². The number of hydrogen-bond donors (Lipinski definition) is 0. The molecule has 0 spiro atoms. The van der Waals surface area contributed by atoms with Crippen molar-refractivity contribution in [2.75, 3.05) is 0 Å². The summed E-state index contributed by atoms with van der Waals surface area (Å²) in [5.74, 6) is 0. The molecule has 0 nitrogen and oxygen atoms in total. The fraction of sp³-hybridized carbons (Fsp3) is 0.400. The van der Waals surface area contributed by atoms with E-state index in [1.54, 1.807) is 0 Å². The monoisotopic (exact) mass is 316 g/mol. The van der Waals surface area contributed by atoms with Gasteiger partial charge in [-0.1, -0.05) is 38.1 Å². The molecule has 0 atom stereocenters. The Kier molecular flexibility index (Phi) is 16.5. The maximum Gasteiger partial charge on any atom is 2.00 e. The van der Waals surface area contributed by atoms with E-state index in [9.17, 15) is 0 Å². The second-order valence-electron chi connectivity index (χ2n) is 2.53. The predicted octanol–water partition coefficient (Wildman–Crippen LogP) is -3.56. The van der Waals surface area contributed by atoms with Gasteiger partial charge in [0.2, 0.25) is 0 Å². The van der Waals surface area contributed by atoms with E-state index in [0.29, 0.717) is 0 Å². The largest absolute Gasteiger partial charge is 2.00 e. The van der Waals surface area contributed by atoms with Crippen LogP contribution in [0.15, 0.2) is 24.3 Å². The molecule has 0 radical (unpaired) electrons. The molecule has 70 valence electrons. The van der Waals surface area contributed by atoms with Crippen molar-refractivity contribution in [1.82, 2.24) is 0 Å². The van der Waals surface area contributed by atoms with Crippen molar-refractivity contribution in [3.8, 4) is 0 Å². The predicted molar refractivity (Wildman–Crippen MR) is 51.0 cm³/mol. The number of halogens is 2. The maximum atomic E-state index is 2.28. The van der Waals surface area contributed by atoms with Gasteiger partial charge in [-0.05, 0) is 24.0 Å². The first kappa shape index (κ1) is 19.5. The van der Waals surface area contributed by atoms with Gasteiger partial charge in [-0.2, -0.15) is 0 Å². The Bertz CT molecular complexity index is 195. The van der Waals surface area contributed by atoms with Gasteiger partial charge in [-0.25, -0.2) is 0 Å². The molecule has 0 N–H and O–H groups in total. The summed E-state index contributed by atoms with van der Waals surface area (Å²) in [4.78, 5) is 0. The van der Waals surface area contributed by atoms with Crippen LogP contribution in [0.2, 0.25) is 0 Å². The standard InChI is InChI=1S/C10H14.2BrH.Mg/c1-3-9-6-5-7-10(4-2)8-9;;;/h5-8H,3-4H2,1-2H3;2*1H;/q;;;+2/p-2. The molecular formula is C10H14Br2Mg. The molecule has 13 heavy (non-hydrogen) atoms. The molecule has 0 fully saturated rings. The number of hydrogen-bond acceptors (Lipinski definition) is 0. The van der Waals surface area contributed by atoms with Crippen molar-refractivity contribution in [1.29, 1.82) is 0 Å².